The third-order valence-corrected chi connectivity index (χ3v) is 4.31. The Morgan fingerprint density at radius 2 is 1.55 bits per heavy atom. The molecule has 22 heavy (non-hydrogen) atoms. The average Bonchev–Trinajstić information content (AvgIpc) is 2.53. The van der Waals surface area contributed by atoms with Gasteiger partial charge in [-0.25, -0.2) is 0 Å². The van der Waals surface area contributed by atoms with Crippen molar-refractivity contribution in [2.45, 2.75) is 45.4 Å². The highest BCUT2D eigenvalue weighted by molar-refractivity contribution is 5.84. The summed E-state index contributed by atoms with van der Waals surface area (Å²) in [5, 5.41) is 4.38. The molecule has 2 nitrogen and oxygen atoms in total. The highest BCUT2D eigenvalue weighted by Gasteiger charge is 2.19. The van der Waals surface area contributed by atoms with Crippen LogP contribution >= 0.6 is 0 Å². The fraction of sp³-hybridized carbons (Fsp3) is 0.350. The van der Waals surface area contributed by atoms with E-state index in [2.05, 4.69) is 55.4 Å². The Kier molecular flexibility index (Phi) is 4.57. The summed E-state index contributed by atoms with van der Waals surface area (Å²) in [6.07, 6.45) is 4.40. The molecule has 2 aromatic rings. The van der Waals surface area contributed by atoms with Crippen molar-refractivity contribution in [3.63, 3.8) is 0 Å². The van der Waals surface area contributed by atoms with Crippen LogP contribution in [0, 0.1) is 13.8 Å². The Bertz CT molecular complexity index is 630. The van der Waals surface area contributed by atoms with Crippen LogP contribution in [0.1, 0.15) is 48.3 Å². The first kappa shape index (κ1) is 14.8. The molecule has 0 unspecified atom stereocenters. The highest BCUT2D eigenvalue weighted by Crippen LogP contribution is 2.31. The molecule has 0 bridgehead atoms. The predicted molar refractivity (Wildman–Crippen MR) is 91.6 cm³/mol. The van der Waals surface area contributed by atoms with Gasteiger partial charge in [0, 0.05) is 0 Å². The Labute approximate surface area is 132 Å². The van der Waals surface area contributed by atoms with Crippen LogP contribution in [-0.4, -0.2) is 5.71 Å². The summed E-state index contributed by atoms with van der Waals surface area (Å²) in [6, 6.07) is 17.0. The van der Waals surface area contributed by atoms with Crippen LogP contribution in [0.25, 0.3) is 0 Å². The molecule has 1 aliphatic rings. The number of aryl methyl sites for hydroxylation is 2. The highest BCUT2D eigenvalue weighted by atomic mass is 16.6. The minimum Gasteiger partial charge on any atom is -0.357 e. The van der Waals surface area contributed by atoms with Gasteiger partial charge in [0.25, 0.3) is 0 Å². The topological polar surface area (TPSA) is 21.6 Å². The summed E-state index contributed by atoms with van der Waals surface area (Å²) in [5.74, 6) is 1.51. The zero-order valence-corrected chi connectivity index (χ0v) is 13.4. The summed E-state index contributed by atoms with van der Waals surface area (Å²) in [4.78, 5) is 5.64. The molecule has 0 saturated heterocycles. The van der Waals surface area contributed by atoms with Crippen molar-refractivity contribution in [2.24, 2.45) is 5.16 Å². The molecular weight excluding hydrogens is 270 g/mol. The molecule has 1 saturated carbocycles. The summed E-state index contributed by atoms with van der Waals surface area (Å²) in [5.41, 5.74) is 5.06. The first-order valence-electron chi connectivity index (χ1n) is 8.07. The van der Waals surface area contributed by atoms with Crippen molar-refractivity contribution in [3.05, 3.63) is 65.2 Å². The van der Waals surface area contributed by atoms with Crippen LogP contribution in [-0.2, 0) is 0 Å². The van der Waals surface area contributed by atoms with E-state index in [1.54, 1.807) is 0 Å². The molecule has 0 atom stereocenters. The van der Waals surface area contributed by atoms with E-state index in [4.69, 9.17) is 4.84 Å². The van der Waals surface area contributed by atoms with Crippen molar-refractivity contribution < 1.29 is 4.84 Å². The van der Waals surface area contributed by atoms with E-state index in [9.17, 15) is 0 Å². The molecule has 2 heteroatoms. The SMILES string of the molecule is Cc1cc(C)cc(ON=C2CCC(c3ccccc3)CC2)c1. The van der Waals surface area contributed by atoms with Gasteiger partial charge in [0.05, 0.1) is 5.71 Å². The van der Waals surface area contributed by atoms with Crippen molar-refractivity contribution in [2.75, 3.05) is 0 Å². The van der Waals surface area contributed by atoms with Gasteiger partial charge in [0.2, 0.25) is 0 Å². The minimum atomic E-state index is 0.668. The molecule has 0 aliphatic heterocycles. The van der Waals surface area contributed by atoms with Crippen LogP contribution in [0.5, 0.6) is 5.75 Å². The van der Waals surface area contributed by atoms with Gasteiger partial charge in [-0.1, -0.05) is 41.6 Å². The third kappa shape index (κ3) is 3.76. The smallest absolute Gasteiger partial charge is 0.158 e. The predicted octanol–water partition coefficient (Wildman–Crippen LogP) is 5.40. The lowest BCUT2D eigenvalue weighted by Crippen LogP contribution is -2.13. The van der Waals surface area contributed by atoms with Crippen LogP contribution in [0.15, 0.2) is 53.7 Å². The zero-order valence-electron chi connectivity index (χ0n) is 13.4. The second-order valence-corrected chi connectivity index (χ2v) is 6.26. The molecule has 0 radical (unpaired) electrons. The van der Waals surface area contributed by atoms with E-state index in [0.717, 1.165) is 18.6 Å². The lowest BCUT2D eigenvalue weighted by molar-refractivity contribution is 0.335. The standard InChI is InChI=1S/C20H23NO/c1-15-12-16(2)14-20(13-15)22-21-19-10-8-18(9-11-19)17-6-4-3-5-7-17/h3-7,12-14,18H,8-11H2,1-2H3. The molecule has 0 heterocycles. The number of benzene rings is 2. The van der Waals surface area contributed by atoms with Gasteiger partial charge in [0.15, 0.2) is 5.75 Å². The van der Waals surface area contributed by atoms with Crippen LogP contribution in [0.3, 0.4) is 0 Å². The maximum absolute atomic E-state index is 5.64. The third-order valence-electron chi connectivity index (χ3n) is 4.31. The molecule has 0 N–H and O–H groups in total. The van der Waals surface area contributed by atoms with E-state index in [1.807, 2.05) is 12.1 Å². The lowest BCUT2D eigenvalue weighted by atomic mass is 9.83. The maximum atomic E-state index is 5.64. The fourth-order valence-corrected chi connectivity index (χ4v) is 3.20. The number of hydrogen-bond donors (Lipinski definition) is 0. The normalized spacial score (nSPS) is 18.1. The number of oxime groups is 1. The van der Waals surface area contributed by atoms with E-state index >= 15 is 0 Å². The quantitative estimate of drug-likeness (QED) is 0.695. The molecular formula is C20H23NO. The van der Waals surface area contributed by atoms with Gasteiger partial charge in [-0.05, 0) is 74.3 Å². The van der Waals surface area contributed by atoms with Gasteiger partial charge >= 0.3 is 0 Å². The molecule has 0 aromatic heterocycles. The summed E-state index contributed by atoms with van der Waals surface area (Å²) in [7, 11) is 0. The van der Waals surface area contributed by atoms with Crippen LogP contribution < -0.4 is 4.84 Å². The summed E-state index contributed by atoms with van der Waals surface area (Å²) >= 11 is 0. The number of hydrogen-bond acceptors (Lipinski definition) is 2. The Morgan fingerprint density at radius 3 is 2.18 bits per heavy atom. The Morgan fingerprint density at radius 1 is 0.909 bits per heavy atom. The number of rotatable bonds is 3. The molecule has 0 spiro atoms. The van der Waals surface area contributed by atoms with E-state index in [0.29, 0.717) is 5.92 Å². The second kappa shape index (κ2) is 6.78. The zero-order chi connectivity index (χ0) is 15.4. The van der Waals surface area contributed by atoms with Crippen molar-refractivity contribution in [1.29, 1.82) is 0 Å². The summed E-state index contributed by atoms with van der Waals surface area (Å²) < 4.78 is 0. The van der Waals surface area contributed by atoms with E-state index in [1.165, 1.54) is 35.2 Å². The maximum Gasteiger partial charge on any atom is 0.158 e. The fourth-order valence-electron chi connectivity index (χ4n) is 3.20. The van der Waals surface area contributed by atoms with Gasteiger partial charge in [-0.2, -0.15) is 0 Å². The largest absolute Gasteiger partial charge is 0.357 e. The first-order valence-corrected chi connectivity index (χ1v) is 8.07. The summed E-state index contributed by atoms with van der Waals surface area (Å²) in [6.45, 7) is 4.16. The van der Waals surface area contributed by atoms with Crippen molar-refractivity contribution in [1.82, 2.24) is 0 Å². The van der Waals surface area contributed by atoms with Crippen LogP contribution in [0.4, 0.5) is 0 Å². The Hall–Kier alpha value is -2.09. The van der Waals surface area contributed by atoms with Crippen molar-refractivity contribution >= 4 is 5.71 Å². The first-order chi connectivity index (χ1) is 10.7. The molecule has 1 aliphatic carbocycles. The average molecular weight is 293 g/mol. The lowest BCUT2D eigenvalue weighted by Gasteiger charge is -2.23. The molecule has 0 amide bonds. The van der Waals surface area contributed by atoms with Gasteiger partial charge in [-0.15, -0.1) is 0 Å². The molecule has 3 rings (SSSR count). The number of nitrogens with zero attached hydrogens (tertiary/aromatic N) is 1. The second-order valence-electron chi connectivity index (χ2n) is 6.26. The monoisotopic (exact) mass is 293 g/mol. The molecule has 114 valence electrons. The van der Waals surface area contributed by atoms with Gasteiger partial charge in [-0.3, -0.25) is 0 Å². The van der Waals surface area contributed by atoms with Gasteiger partial charge in [0.1, 0.15) is 0 Å². The van der Waals surface area contributed by atoms with E-state index in [-0.39, 0.29) is 0 Å². The Balaban J connectivity index is 1.59. The molecule has 1 fully saturated rings. The minimum absolute atomic E-state index is 0.668. The van der Waals surface area contributed by atoms with E-state index < -0.39 is 0 Å². The van der Waals surface area contributed by atoms with Crippen LogP contribution in [0.2, 0.25) is 0 Å². The van der Waals surface area contributed by atoms with Crippen molar-refractivity contribution in [3.8, 4) is 5.75 Å². The molecule has 2 aromatic carbocycles. The van der Waals surface area contributed by atoms with Gasteiger partial charge < -0.3 is 4.84 Å².